The maximum Gasteiger partial charge on any atom is 0.348 e. The summed E-state index contributed by atoms with van der Waals surface area (Å²) in [5.74, 6) is 0.600. The molecule has 11 heteroatoms. The van der Waals surface area contributed by atoms with E-state index < -0.39 is 12.1 Å². The van der Waals surface area contributed by atoms with Crippen molar-refractivity contribution in [2.45, 2.75) is 32.9 Å². The largest absolute Gasteiger partial charge is 0.491 e. The molecule has 1 unspecified atom stereocenters. The molecule has 0 aliphatic heterocycles. The van der Waals surface area contributed by atoms with Crippen LogP contribution in [0.15, 0.2) is 29.1 Å². The first-order valence-electron chi connectivity index (χ1n) is 11.3. The molecule has 3 aromatic rings. The molecule has 190 valence electrons. The van der Waals surface area contributed by atoms with Gasteiger partial charge in [-0.25, -0.2) is 9.78 Å². The number of nitrogens with one attached hydrogen (secondary N) is 1. The molecule has 35 heavy (non-hydrogen) atoms. The molecule has 0 amide bonds. The van der Waals surface area contributed by atoms with Crippen LogP contribution in [0.3, 0.4) is 0 Å². The minimum atomic E-state index is -0.775. The van der Waals surface area contributed by atoms with E-state index >= 15 is 0 Å². The number of methoxy groups -OCH3 is 1. The van der Waals surface area contributed by atoms with Crippen molar-refractivity contribution in [3.05, 3.63) is 55.9 Å². The van der Waals surface area contributed by atoms with Gasteiger partial charge in [0.2, 0.25) is 0 Å². The molecule has 1 atom stereocenters. The van der Waals surface area contributed by atoms with Gasteiger partial charge in [0.05, 0.1) is 18.5 Å². The number of carbonyl (C=O) groups is 1. The molecule has 0 bridgehead atoms. The summed E-state index contributed by atoms with van der Waals surface area (Å²) in [5.41, 5.74) is 0.258. The molecule has 0 aliphatic carbocycles. The lowest BCUT2D eigenvalue weighted by Gasteiger charge is -2.24. The summed E-state index contributed by atoms with van der Waals surface area (Å²) in [5, 5.41) is 11.6. The van der Waals surface area contributed by atoms with Crippen LogP contribution in [-0.2, 0) is 16.0 Å². The third kappa shape index (κ3) is 7.49. The number of nitrogens with zero attached hydrogens (tertiary/aromatic N) is 2. The summed E-state index contributed by atoms with van der Waals surface area (Å²) < 4.78 is 15.9. The van der Waals surface area contributed by atoms with Crippen molar-refractivity contribution >= 4 is 39.1 Å². The summed E-state index contributed by atoms with van der Waals surface area (Å²) in [7, 11) is 1.63. The van der Waals surface area contributed by atoms with Gasteiger partial charge in [0, 0.05) is 31.8 Å². The first kappa shape index (κ1) is 27.1. The maximum absolute atomic E-state index is 12.8. The molecule has 1 aromatic carbocycles. The molecule has 0 aliphatic rings. The number of H-pyrrole nitrogens is 1. The Morgan fingerprint density at radius 1 is 1.31 bits per heavy atom. The second-order valence-electron chi connectivity index (χ2n) is 7.97. The van der Waals surface area contributed by atoms with E-state index in [4.69, 9.17) is 25.8 Å². The molecule has 3 rings (SSSR count). The van der Waals surface area contributed by atoms with Crippen molar-refractivity contribution in [1.82, 2.24) is 14.9 Å². The fraction of sp³-hybridized carbons (Fsp3) is 0.458. The van der Waals surface area contributed by atoms with Gasteiger partial charge >= 0.3 is 5.97 Å². The number of hydrogen-bond donors (Lipinski definition) is 2. The number of thiophene rings is 1. The van der Waals surface area contributed by atoms with Crippen LogP contribution in [0.1, 0.15) is 34.4 Å². The van der Waals surface area contributed by atoms with Gasteiger partial charge in [0.25, 0.3) is 5.56 Å². The number of benzene rings is 1. The highest BCUT2D eigenvalue weighted by Gasteiger charge is 2.21. The minimum absolute atomic E-state index is 0.0956. The summed E-state index contributed by atoms with van der Waals surface area (Å²) in [6, 6.07) is 6.92. The first-order chi connectivity index (χ1) is 16.8. The Bertz CT molecular complexity index is 1180. The zero-order valence-corrected chi connectivity index (χ0v) is 21.6. The minimum Gasteiger partial charge on any atom is -0.491 e. The Labute approximate surface area is 212 Å². The predicted molar refractivity (Wildman–Crippen MR) is 136 cm³/mol. The fourth-order valence-corrected chi connectivity index (χ4v) is 4.83. The van der Waals surface area contributed by atoms with Crippen LogP contribution in [0, 0.1) is 6.92 Å². The zero-order valence-electron chi connectivity index (χ0n) is 20.0. The van der Waals surface area contributed by atoms with Gasteiger partial charge in [0.1, 0.15) is 34.0 Å². The Kier molecular flexibility index (Phi) is 10.1. The Morgan fingerprint density at radius 3 is 2.74 bits per heavy atom. The van der Waals surface area contributed by atoms with Gasteiger partial charge in [-0.1, -0.05) is 11.6 Å². The van der Waals surface area contributed by atoms with Crippen LogP contribution >= 0.6 is 22.9 Å². The molecule has 0 saturated carbocycles. The quantitative estimate of drug-likeness (QED) is 0.259. The fourth-order valence-electron chi connectivity index (χ4n) is 3.61. The molecular formula is C24H30ClN3O6S. The van der Waals surface area contributed by atoms with E-state index in [1.165, 1.54) is 0 Å². The van der Waals surface area contributed by atoms with Gasteiger partial charge in [-0.15, -0.1) is 11.3 Å². The number of fused-ring (bicyclic) bond motifs is 1. The third-order valence-corrected chi connectivity index (χ3v) is 6.65. The highest BCUT2D eigenvalue weighted by molar-refractivity contribution is 7.20. The van der Waals surface area contributed by atoms with Gasteiger partial charge in [-0.05, 0) is 50.1 Å². The lowest BCUT2D eigenvalue weighted by atomic mass is 10.2. The number of halogens is 1. The smallest absolute Gasteiger partial charge is 0.348 e. The Morgan fingerprint density at radius 2 is 2.06 bits per heavy atom. The van der Waals surface area contributed by atoms with Gasteiger partial charge in [-0.3, -0.25) is 9.69 Å². The predicted octanol–water partition coefficient (Wildman–Crippen LogP) is 3.40. The van der Waals surface area contributed by atoms with Crippen LogP contribution < -0.4 is 10.3 Å². The van der Waals surface area contributed by atoms with Gasteiger partial charge in [0.15, 0.2) is 0 Å². The first-order valence-corrected chi connectivity index (χ1v) is 12.5. The number of carbonyl (C=O) groups excluding carboxylic acids is 1. The number of aliphatic hydroxyl groups is 1. The van der Waals surface area contributed by atoms with Gasteiger partial charge < -0.3 is 24.3 Å². The van der Waals surface area contributed by atoms with Crippen LogP contribution in [-0.4, -0.2) is 72.1 Å². The second-order valence-corrected chi connectivity index (χ2v) is 9.41. The van der Waals surface area contributed by atoms with Crippen molar-refractivity contribution < 1.29 is 24.1 Å². The van der Waals surface area contributed by atoms with E-state index in [-0.39, 0.29) is 18.8 Å². The topological polar surface area (TPSA) is 114 Å². The summed E-state index contributed by atoms with van der Waals surface area (Å²) in [6.07, 6.45) is -0.0400. The highest BCUT2D eigenvalue weighted by atomic mass is 35.5. The standard InChI is InChI=1S/C24H30ClN3O6S/c1-4-33-24(31)21-15(2)20-22(30)26-19(27-23(20)35-21)13-28(10-5-11-32-3)12-17(29)14-34-18-8-6-16(25)7-9-18/h6-9,17,29H,4-5,10-14H2,1-3H3,(H,26,27,30). The highest BCUT2D eigenvalue weighted by Crippen LogP contribution is 2.27. The van der Waals surface area contributed by atoms with E-state index in [1.807, 2.05) is 4.90 Å². The molecular weight excluding hydrogens is 494 g/mol. The van der Waals surface area contributed by atoms with E-state index in [0.717, 1.165) is 17.8 Å². The average Bonchev–Trinajstić information content (AvgIpc) is 3.15. The van der Waals surface area contributed by atoms with Crippen molar-refractivity contribution in [1.29, 1.82) is 0 Å². The Balaban J connectivity index is 1.73. The average molecular weight is 524 g/mol. The molecule has 2 heterocycles. The number of aryl methyl sites for hydroxylation is 1. The normalized spacial score (nSPS) is 12.3. The van der Waals surface area contributed by atoms with Crippen molar-refractivity contribution in [3.63, 3.8) is 0 Å². The van der Waals surface area contributed by atoms with E-state index in [9.17, 15) is 14.7 Å². The number of rotatable bonds is 13. The number of esters is 1. The van der Waals surface area contributed by atoms with Gasteiger partial charge in [-0.2, -0.15) is 0 Å². The van der Waals surface area contributed by atoms with Crippen molar-refractivity contribution in [2.24, 2.45) is 0 Å². The molecule has 0 radical (unpaired) electrons. The van der Waals surface area contributed by atoms with Crippen LogP contribution in [0.25, 0.3) is 10.2 Å². The number of ether oxygens (including phenoxy) is 3. The molecule has 0 spiro atoms. The summed E-state index contributed by atoms with van der Waals surface area (Å²) in [4.78, 5) is 35.3. The maximum atomic E-state index is 12.8. The monoisotopic (exact) mass is 523 g/mol. The zero-order chi connectivity index (χ0) is 25.4. The second kappa shape index (κ2) is 13.0. The third-order valence-electron chi connectivity index (χ3n) is 5.23. The number of aromatic amines is 1. The lowest BCUT2D eigenvalue weighted by Crippen LogP contribution is -2.37. The van der Waals surface area contributed by atoms with E-state index in [0.29, 0.717) is 63.5 Å². The number of aliphatic hydroxyl groups excluding tert-OH is 1. The van der Waals surface area contributed by atoms with Crippen LogP contribution in [0.5, 0.6) is 5.75 Å². The van der Waals surface area contributed by atoms with Crippen LogP contribution in [0.4, 0.5) is 0 Å². The summed E-state index contributed by atoms with van der Waals surface area (Å²) >= 11 is 7.04. The summed E-state index contributed by atoms with van der Waals surface area (Å²) in [6.45, 7) is 5.58. The van der Waals surface area contributed by atoms with Crippen molar-refractivity contribution in [3.8, 4) is 5.75 Å². The van der Waals surface area contributed by atoms with E-state index in [2.05, 4.69) is 9.97 Å². The van der Waals surface area contributed by atoms with E-state index in [1.54, 1.807) is 45.2 Å². The van der Waals surface area contributed by atoms with Crippen molar-refractivity contribution in [2.75, 3.05) is 40.0 Å². The SMILES string of the molecule is CCOC(=O)c1sc2nc(CN(CCCOC)CC(O)COc3ccc(Cl)cc3)[nH]c(=O)c2c1C. The molecule has 0 saturated heterocycles. The number of hydrogen-bond acceptors (Lipinski definition) is 9. The molecule has 9 nitrogen and oxygen atoms in total. The molecule has 0 fully saturated rings. The Hall–Kier alpha value is -2.50. The molecule has 2 aromatic heterocycles. The number of aromatic nitrogens is 2. The lowest BCUT2D eigenvalue weighted by molar-refractivity contribution is 0.0531. The van der Waals surface area contributed by atoms with Crippen LogP contribution in [0.2, 0.25) is 5.02 Å². The molecule has 2 N–H and O–H groups in total.